The normalized spacial score (nSPS) is 25.3. The molecular formula is C11H16N4O3. The van der Waals surface area contributed by atoms with Crippen molar-refractivity contribution in [1.82, 2.24) is 4.98 Å². The van der Waals surface area contributed by atoms with Gasteiger partial charge >= 0.3 is 5.69 Å². The predicted octanol–water partition coefficient (Wildman–Crippen LogP) is 1.14. The summed E-state index contributed by atoms with van der Waals surface area (Å²) in [5, 5.41) is 23.5. The molecule has 2 unspecified atom stereocenters. The quantitative estimate of drug-likeness (QED) is 0.549. The molecule has 98 valence electrons. The van der Waals surface area contributed by atoms with Gasteiger partial charge in [-0.2, -0.15) is 0 Å². The van der Waals surface area contributed by atoms with Crippen molar-refractivity contribution < 1.29 is 10.0 Å². The summed E-state index contributed by atoms with van der Waals surface area (Å²) in [5.41, 5.74) is 5.09. The minimum absolute atomic E-state index is 0.0551. The van der Waals surface area contributed by atoms with Crippen LogP contribution in [0.2, 0.25) is 0 Å². The molecule has 2 rings (SSSR count). The summed E-state index contributed by atoms with van der Waals surface area (Å²) in [6, 6.07) is 2.66. The average molecular weight is 252 g/mol. The van der Waals surface area contributed by atoms with Crippen LogP contribution in [-0.2, 0) is 0 Å². The highest BCUT2D eigenvalue weighted by Crippen LogP contribution is 2.42. The second-order valence-corrected chi connectivity index (χ2v) is 5.13. The first-order valence-electron chi connectivity index (χ1n) is 5.68. The number of nitrogens with one attached hydrogen (secondary N) is 1. The number of anilines is 2. The van der Waals surface area contributed by atoms with E-state index in [1.807, 2.05) is 13.8 Å². The molecule has 1 aliphatic rings. The third kappa shape index (κ3) is 1.97. The number of pyridine rings is 1. The molecule has 1 heterocycles. The van der Waals surface area contributed by atoms with Crippen LogP contribution in [0.1, 0.15) is 20.3 Å². The number of hydrogen-bond donors (Lipinski definition) is 3. The largest absolute Gasteiger partial charge is 0.392 e. The highest BCUT2D eigenvalue weighted by molar-refractivity contribution is 5.60. The molecule has 1 aromatic rings. The van der Waals surface area contributed by atoms with Crippen LogP contribution in [0.15, 0.2) is 12.1 Å². The lowest BCUT2D eigenvalue weighted by atomic mass is 9.64. The molecule has 0 spiro atoms. The number of aliphatic hydroxyl groups excluding tert-OH is 1. The zero-order valence-corrected chi connectivity index (χ0v) is 10.3. The van der Waals surface area contributed by atoms with Crippen molar-refractivity contribution in [2.45, 2.75) is 32.4 Å². The van der Waals surface area contributed by atoms with Gasteiger partial charge in [-0.1, -0.05) is 13.8 Å². The van der Waals surface area contributed by atoms with E-state index in [0.717, 1.165) is 0 Å². The van der Waals surface area contributed by atoms with Gasteiger partial charge in [-0.05, 0) is 12.5 Å². The Morgan fingerprint density at radius 1 is 1.61 bits per heavy atom. The Bertz CT molecular complexity index is 489. The van der Waals surface area contributed by atoms with E-state index >= 15 is 0 Å². The third-order valence-electron chi connectivity index (χ3n) is 3.62. The third-order valence-corrected chi connectivity index (χ3v) is 3.62. The summed E-state index contributed by atoms with van der Waals surface area (Å²) in [4.78, 5) is 14.3. The first-order valence-corrected chi connectivity index (χ1v) is 5.68. The van der Waals surface area contributed by atoms with Gasteiger partial charge in [0.05, 0.1) is 11.0 Å². The molecule has 7 heteroatoms. The standard InChI is InChI=1S/C11H16N4O3/c1-11(2)7(5-8(11)16)13-10-6(15(17)18)3-4-9(12)14-10/h3-4,7-8,16H,5H2,1-2H3,(H3,12,13,14). The molecule has 0 saturated heterocycles. The minimum Gasteiger partial charge on any atom is -0.392 e. The summed E-state index contributed by atoms with van der Waals surface area (Å²) < 4.78 is 0. The summed E-state index contributed by atoms with van der Waals surface area (Å²) in [5.74, 6) is 0.380. The summed E-state index contributed by atoms with van der Waals surface area (Å²) in [7, 11) is 0. The van der Waals surface area contributed by atoms with Gasteiger partial charge in [0.15, 0.2) is 0 Å². The van der Waals surface area contributed by atoms with Crippen LogP contribution in [0.25, 0.3) is 0 Å². The number of hydrogen-bond acceptors (Lipinski definition) is 6. The highest BCUT2D eigenvalue weighted by Gasteiger charge is 2.48. The number of aromatic nitrogens is 1. The van der Waals surface area contributed by atoms with E-state index < -0.39 is 11.0 Å². The maximum absolute atomic E-state index is 10.9. The zero-order valence-electron chi connectivity index (χ0n) is 10.3. The van der Waals surface area contributed by atoms with Crippen LogP contribution in [0.3, 0.4) is 0 Å². The second kappa shape index (κ2) is 4.09. The lowest BCUT2D eigenvalue weighted by molar-refractivity contribution is -0.384. The molecule has 0 aliphatic heterocycles. The Kier molecular flexibility index (Phi) is 2.86. The van der Waals surface area contributed by atoms with Crippen molar-refractivity contribution in [3.8, 4) is 0 Å². The molecule has 0 radical (unpaired) electrons. The van der Waals surface area contributed by atoms with Gasteiger partial charge in [-0.25, -0.2) is 4.98 Å². The van der Waals surface area contributed by atoms with E-state index in [2.05, 4.69) is 10.3 Å². The minimum atomic E-state index is -0.503. The maximum atomic E-state index is 10.9. The molecule has 0 bridgehead atoms. The van der Waals surface area contributed by atoms with Crippen LogP contribution in [0, 0.1) is 15.5 Å². The number of nitrogen functional groups attached to an aromatic ring is 1. The Morgan fingerprint density at radius 2 is 2.28 bits per heavy atom. The van der Waals surface area contributed by atoms with E-state index in [4.69, 9.17) is 5.73 Å². The molecule has 4 N–H and O–H groups in total. The fourth-order valence-electron chi connectivity index (χ4n) is 2.03. The molecule has 0 aromatic carbocycles. The SMILES string of the molecule is CC1(C)C(O)CC1Nc1nc(N)ccc1[N+](=O)[O-]. The van der Waals surface area contributed by atoms with E-state index in [0.29, 0.717) is 6.42 Å². The molecular weight excluding hydrogens is 236 g/mol. The van der Waals surface area contributed by atoms with Gasteiger partial charge in [0.1, 0.15) is 5.82 Å². The van der Waals surface area contributed by atoms with Crippen LogP contribution in [0.4, 0.5) is 17.3 Å². The number of rotatable bonds is 3. The van der Waals surface area contributed by atoms with E-state index in [1.54, 1.807) is 0 Å². The smallest absolute Gasteiger partial charge is 0.311 e. The van der Waals surface area contributed by atoms with Crippen LogP contribution >= 0.6 is 0 Å². The Morgan fingerprint density at radius 3 is 2.78 bits per heavy atom. The van der Waals surface area contributed by atoms with Crippen molar-refractivity contribution in [3.05, 3.63) is 22.2 Å². The zero-order chi connectivity index (χ0) is 13.5. The number of nitro groups is 1. The van der Waals surface area contributed by atoms with E-state index in [-0.39, 0.29) is 28.8 Å². The van der Waals surface area contributed by atoms with Gasteiger partial charge in [-0.3, -0.25) is 10.1 Å². The maximum Gasteiger partial charge on any atom is 0.311 e. The molecule has 1 fully saturated rings. The topological polar surface area (TPSA) is 114 Å². The molecule has 1 saturated carbocycles. The second-order valence-electron chi connectivity index (χ2n) is 5.13. The molecule has 1 aliphatic carbocycles. The Labute approximate surface area is 104 Å². The van der Waals surface area contributed by atoms with Crippen molar-refractivity contribution in [2.75, 3.05) is 11.1 Å². The van der Waals surface area contributed by atoms with Crippen LogP contribution in [-0.4, -0.2) is 27.2 Å². The Hall–Kier alpha value is -1.89. The van der Waals surface area contributed by atoms with Crippen molar-refractivity contribution in [3.63, 3.8) is 0 Å². The van der Waals surface area contributed by atoms with Gasteiger partial charge < -0.3 is 16.2 Å². The van der Waals surface area contributed by atoms with Gasteiger partial charge in [-0.15, -0.1) is 0 Å². The Balaban J connectivity index is 2.24. The summed E-state index contributed by atoms with van der Waals surface area (Å²) in [6.07, 6.45) is 0.135. The van der Waals surface area contributed by atoms with Crippen LogP contribution in [0.5, 0.6) is 0 Å². The molecule has 0 amide bonds. The predicted molar refractivity (Wildman–Crippen MR) is 67.1 cm³/mol. The summed E-state index contributed by atoms with van der Waals surface area (Å²) >= 11 is 0. The van der Waals surface area contributed by atoms with Crippen molar-refractivity contribution >= 4 is 17.3 Å². The number of aliphatic hydroxyl groups is 1. The fourth-order valence-corrected chi connectivity index (χ4v) is 2.03. The van der Waals surface area contributed by atoms with Crippen molar-refractivity contribution in [1.29, 1.82) is 0 Å². The lowest BCUT2D eigenvalue weighted by Crippen LogP contribution is -2.57. The van der Waals surface area contributed by atoms with Gasteiger partial charge in [0.25, 0.3) is 0 Å². The lowest BCUT2D eigenvalue weighted by Gasteiger charge is -2.49. The monoisotopic (exact) mass is 252 g/mol. The highest BCUT2D eigenvalue weighted by atomic mass is 16.6. The first kappa shape index (κ1) is 12.6. The summed E-state index contributed by atoms with van der Waals surface area (Å²) in [6.45, 7) is 3.80. The number of nitrogens with zero attached hydrogens (tertiary/aromatic N) is 2. The fraction of sp³-hybridized carbons (Fsp3) is 0.545. The first-order chi connectivity index (χ1) is 8.32. The average Bonchev–Trinajstić information content (AvgIpc) is 2.28. The van der Waals surface area contributed by atoms with E-state index in [1.165, 1.54) is 12.1 Å². The van der Waals surface area contributed by atoms with E-state index in [9.17, 15) is 15.2 Å². The molecule has 18 heavy (non-hydrogen) atoms. The van der Waals surface area contributed by atoms with Crippen LogP contribution < -0.4 is 11.1 Å². The van der Waals surface area contributed by atoms with Crippen molar-refractivity contribution in [2.24, 2.45) is 5.41 Å². The molecule has 1 aromatic heterocycles. The number of nitrogens with two attached hydrogens (primary N) is 1. The van der Waals surface area contributed by atoms with Gasteiger partial charge in [0.2, 0.25) is 5.82 Å². The molecule has 7 nitrogen and oxygen atoms in total. The van der Waals surface area contributed by atoms with Gasteiger partial charge in [0, 0.05) is 17.5 Å². The molecule has 2 atom stereocenters.